The van der Waals surface area contributed by atoms with Gasteiger partial charge in [-0.2, -0.15) is 0 Å². The smallest absolute Gasteiger partial charge is 0.0818 e. The van der Waals surface area contributed by atoms with E-state index in [1.807, 2.05) is 0 Å². The second kappa shape index (κ2) is 6.09. The fourth-order valence-electron chi connectivity index (χ4n) is 3.62. The van der Waals surface area contributed by atoms with Crippen LogP contribution in [0.15, 0.2) is 24.3 Å². The molecule has 1 aliphatic carbocycles. The Kier molecular flexibility index (Phi) is 4.67. The van der Waals surface area contributed by atoms with Gasteiger partial charge in [0.15, 0.2) is 0 Å². The van der Waals surface area contributed by atoms with Crippen molar-refractivity contribution in [1.29, 1.82) is 0 Å². The molecule has 0 aliphatic heterocycles. The standard InChI is InChI=1S/C18H28O/c1-12(2)15-5-7-16(8-6-15)18(19)17-10-13(3)9-14(4)11-17/h5-8,12-14,17-19H,9-11H2,1-4H3. The zero-order valence-electron chi connectivity index (χ0n) is 12.8. The van der Waals surface area contributed by atoms with Crippen LogP contribution in [0.3, 0.4) is 0 Å². The highest BCUT2D eigenvalue weighted by Crippen LogP contribution is 2.39. The van der Waals surface area contributed by atoms with Gasteiger partial charge in [-0.15, -0.1) is 0 Å². The minimum Gasteiger partial charge on any atom is -0.388 e. The van der Waals surface area contributed by atoms with Crippen molar-refractivity contribution < 1.29 is 5.11 Å². The summed E-state index contributed by atoms with van der Waals surface area (Å²) in [4.78, 5) is 0. The molecule has 0 spiro atoms. The van der Waals surface area contributed by atoms with Gasteiger partial charge in [-0.25, -0.2) is 0 Å². The minimum absolute atomic E-state index is 0.286. The summed E-state index contributed by atoms with van der Waals surface area (Å²) in [6.45, 7) is 9.04. The Hall–Kier alpha value is -0.820. The van der Waals surface area contributed by atoms with Gasteiger partial charge in [0.1, 0.15) is 0 Å². The Morgan fingerprint density at radius 3 is 1.84 bits per heavy atom. The first-order valence-electron chi connectivity index (χ1n) is 7.75. The van der Waals surface area contributed by atoms with Gasteiger partial charge >= 0.3 is 0 Å². The highest BCUT2D eigenvalue weighted by atomic mass is 16.3. The van der Waals surface area contributed by atoms with Crippen molar-refractivity contribution in [2.45, 2.75) is 59.0 Å². The van der Waals surface area contributed by atoms with Crippen molar-refractivity contribution in [2.24, 2.45) is 17.8 Å². The van der Waals surface area contributed by atoms with Gasteiger partial charge < -0.3 is 5.11 Å². The first-order chi connectivity index (χ1) is 8.97. The van der Waals surface area contributed by atoms with E-state index in [-0.39, 0.29) is 6.10 Å². The molecular formula is C18H28O. The van der Waals surface area contributed by atoms with Crippen LogP contribution < -0.4 is 0 Å². The lowest BCUT2D eigenvalue weighted by Gasteiger charge is -2.34. The van der Waals surface area contributed by atoms with Gasteiger partial charge in [-0.3, -0.25) is 0 Å². The molecular weight excluding hydrogens is 232 g/mol. The molecule has 1 N–H and O–H groups in total. The third-order valence-electron chi connectivity index (χ3n) is 4.61. The molecule has 19 heavy (non-hydrogen) atoms. The number of benzene rings is 1. The molecule has 1 aromatic carbocycles. The maximum absolute atomic E-state index is 10.6. The van der Waals surface area contributed by atoms with E-state index in [0.717, 1.165) is 30.2 Å². The van der Waals surface area contributed by atoms with E-state index >= 15 is 0 Å². The lowest BCUT2D eigenvalue weighted by molar-refractivity contribution is 0.0551. The van der Waals surface area contributed by atoms with Crippen molar-refractivity contribution in [2.75, 3.05) is 0 Å². The summed E-state index contributed by atoms with van der Waals surface area (Å²) in [5.41, 5.74) is 2.44. The maximum Gasteiger partial charge on any atom is 0.0818 e. The third kappa shape index (κ3) is 3.60. The lowest BCUT2D eigenvalue weighted by atomic mass is 9.73. The predicted octanol–water partition coefficient (Wildman–Crippen LogP) is 4.92. The first-order valence-corrected chi connectivity index (χ1v) is 7.75. The van der Waals surface area contributed by atoms with Crippen molar-refractivity contribution in [3.05, 3.63) is 35.4 Å². The second-order valence-corrected chi connectivity index (χ2v) is 6.94. The summed E-state index contributed by atoms with van der Waals surface area (Å²) in [6, 6.07) is 8.56. The fourth-order valence-corrected chi connectivity index (χ4v) is 3.62. The molecule has 3 atom stereocenters. The number of rotatable bonds is 3. The summed E-state index contributed by atoms with van der Waals surface area (Å²) >= 11 is 0. The average Bonchev–Trinajstić information content (AvgIpc) is 2.37. The van der Waals surface area contributed by atoms with E-state index in [4.69, 9.17) is 0 Å². The molecule has 1 fully saturated rings. The van der Waals surface area contributed by atoms with Gasteiger partial charge in [-0.1, -0.05) is 52.0 Å². The van der Waals surface area contributed by atoms with Gasteiger partial charge in [0.05, 0.1) is 6.10 Å². The van der Waals surface area contributed by atoms with Gasteiger partial charge in [0.2, 0.25) is 0 Å². The summed E-state index contributed by atoms with van der Waals surface area (Å²) in [6.07, 6.45) is 3.36. The van der Waals surface area contributed by atoms with Crippen LogP contribution in [0, 0.1) is 17.8 Å². The normalized spacial score (nSPS) is 29.5. The molecule has 0 saturated heterocycles. The SMILES string of the molecule is CC1CC(C)CC(C(O)c2ccc(C(C)C)cc2)C1. The van der Waals surface area contributed by atoms with Crippen molar-refractivity contribution in [3.63, 3.8) is 0 Å². The number of aliphatic hydroxyl groups is 1. The molecule has 0 heterocycles. The highest BCUT2D eigenvalue weighted by molar-refractivity contribution is 5.26. The molecule has 1 aliphatic rings. The molecule has 1 saturated carbocycles. The minimum atomic E-state index is -0.286. The van der Waals surface area contributed by atoms with Gasteiger partial charge in [-0.05, 0) is 54.1 Å². The summed E-state index contributed by atoms with van der Waals surface area (Å²) in [7, 11) is 0. The van der Waals surface area contributed by atoms with E-state index < -0.39 is 0 Å². The molecule has 0 aromatic heterocycles. The van der Waals surface area contributed by atoms with Crippen LogP contribution in [-0.4, -0.2) is 5.11 Å². The fraction of sp³-hybridized carbons (Fsp3) is 0.667. The van der Waals surface area contributed by atoms with Crippen molar-refractivity contribution >= 4 is 0 Å². The number of aliphatic hydroxyl groups excluding tert-OH is 1. The van der Waals surface area contributed by atoms with E-state index in [0.29, 0.717) is 11.8 Å². The topological polar surface area (TPSA) is 20.2 Å². The average molecular weight is 260 g/mol. The predicted molar refractivity (Wildman–Crippen MR) is 81.2 cm³/mol. The van der Waals surface area contributed by atoms with E-state index in [9.17, 15) is 5.11 Å². The van der Waals surface area contributed by atoms with Gasteiger partial charge in [0.25, 0.3) is 0 Å². The van der Waals surface area contributed by atoms with E-state index in [1.165, 1.54) is 12.0 Å². The molecule has 3 unspecified atom stereocenters. The van der Waals surface area contributed by atoms with Crippen molar-refractivity contribution in [3.8, 4) is 0 Å². The van der Waals surface area contributed by atoms with Crippen LogP contribution in [0.25, 0.3) is 0 Å². The maximum atomic E-state index is 10.6. The van der Waals surface area contributed by atoms with Crippen LogP contribution in [0.5, 0.6) is 0 Å². The summed E-state index contributed by atoms with van der Waals surface area (Å²) in [5, 5.41) is 10.6. The number of hydrogen-bond acceptors (Lipinski definition) is 1. The molecule has 2 rings (SSSR count). The van der Waals surface area contributed by atoms with E-state index in [2.05, 4.69) is 52.0 Å². The molecule has 1 aromatic rings. The van der Waals surface area contributed by atoms with Crippen LogP contribution in [0.2, 0.25) is 0 Å². The Morgan fingerprint density at radius 1 is 0.895 bits per heavy atom. The van der Waals surface area contributed by atoms with Crippen molar-refractivity contribution in [1.82, 2.24) is 0 Å². The van der Waals surface area contributed by atoms with Crippen LogP contribution in [0.4, 0.5) is 0 Å². The Morgan fingerprint density at radius 2 is 1.37 bits per heavy atom. The molecule has 106 valence electrons. The van der Waals surface area contributed by atoms with Gasteiger partial charge in [0, 0.05) is 0 Å². The Balaban J connectivity index is 2.08. The first kappa shape index (κ1) is 14.6. The zero-order chi connectivity index (χ0) is 14.0. The molecule has 1 heteroatoms. The molecule has 0 amide bonds. The Bertz CT molecular complexity index is 383. The zero-order valence-corrected chi connectivity index (χ0v) is 12.8. The summed E-state index contributed by atoms with van der Waals surface area (Å²) < 4.78 is 0. The summed E-state index contributed by atoms with van der Waals surface area (Å²) in [5.74, 6) is 2.49. The van der Waals surface area contributed by atoms with Crippen LogP contribution >= 0.6 is 0 Å². The highest BCUT2D eigenvalue weighted by Gasteiger charge is 2.29. The molecule has 0 radical (unpaired) electrons. The largest absolute Gasteiger partial charge is 0.388 e. The quantitative estimate of drug-likeness (QED) is 0.818. The third-order valence-corrected chi connectivity index (χ3v) is 4.61. The molecule has 1 nitrogen and oxygen atoms in total. The lowest BCUT2D eigenvalue weighted by Crippen LogP contribution is -2.24. The second-order valence-electron chi connectivity index (χ2n) is 6.94. The monoisotopic (exact) mass is 260 g/mol. The van der Waals surface area contributed by atoms with Crippen LogP contribution in [0.1, 0.15) is 70.1 Å². The van der Waals surface area contributed by atoms with Crippen LogP contribution in [-0.2, 0) is 0 Å². The number of hydrogen-bond donors (Lipinski definition) is 1. The molecule has 0 bridgehead atoms. The van der Waals surface area contributed by atoms with E-state index in [1.54, 1.807) is 0 Å². The Labute approximate surface area is 118 Å².